The van der Waals surface area contributed by atoms with Crippen LogP contribution in [0, 0.1) is 0 Å². The first-order valence-corrected chi connectivity index (χ1v) is 3.91. The maximum Gasteiger partial charge on any atom is 0.325 e. The Morgan fingerprint density at radius 3 is 2.60 bits per heavy atom. The van der Waals surface area contributed by atoms with E-state index in [-0.39, 0.29) is 17.0 Å². The number of ether oxygens (including phenoxy) is 1. The van der Waals surface area contributed by atoms with Gasteiger partial charge in [0.2, 0.25) is 0 Å². The summed E-state index contributed by atoms with van der Waals surface area (Å²) < 4.78 is 4.82. The van der Waals surface area contributed by atoms with Crippen LogP contribution in [0.2, 0.25) is 0 Å². The third-order valence-corrected chi connectivity index (χ3v) is 1.83. The number of aliphatic carboxylic acids is 1. The number of aromatic hydroxyl groups is 1. The van der Waals surface area contributed by atoms with Gasteiger partial charge in [0, 0.05) is 0 Å². The highest BCUT2D eigenvalue weighted by molar-refractivity contribution is 5.75. The summed E-state index contributed by atoms with van der Waals surface area (Å²) in [6.07, 6.45) is 0. The first-order chi connectivity index (χ1) is 6.56. The minimum atomic E-state index is -1.13. The van der Waals surface area contributed by atoms with Gasteiger partial charge in [-0.25, -0.2) is 0 Å². The SMILES string of the molecule is COc1cc(C(N)C(=O)O)ccc1O.O. The molecule has 6 heteroatoms. The number of hydrogen-bond donors (Lipinski definition) is 3. The minimum Gasteiger partial charge on any atom is -0.504 e. The summed E-state index contributed by atoms with van der Waals surface area (Å²) >= 11 is 0. The highest BCUT2D eigenvalue weighted by Gasteiger charge is 2.15. The summed E-state index contributed by atoms with van der Waals surface area (Å²) in [6, 6.07) is 3.08. The summed E-state index contributed by atoms with van der Waals surface area (Å²) in [6.45, 7) is 0. The lowest BCUT2D eigenvalue weighted by atomic mass is 10.1. The lowest BCUT2D eigenvalue weighted by Gasteiger charge is -2.09. The first kappa shape index (κ1) is 13.2. The van der Waals surface area contributed by atoms with Crippen molar-refractivity contribution in [3.63, 3.8) is 0 Å². The predicted octanol–water partition coefficient (Wildman–Crippen LogP) is -0.340. The second-order valence-corrected chi connectivity index (χ2v) is 2.75. The molecule has 0 saturated carbocycles. The van der Waals surface area contributed by atoms with Crippen molar-refractivity contribution in [2.24, 2.45) is 5.73 Å². The Balaban J connectivity index is 0.00000196. The Bertz CT molecular complexity index is 352. The number of hydrogen-bond acceptors (Lipinski definition) is 4. The van der Waals surface area contributed by atoms with Crippen LogP contribution >= 0.6 is 0 Å². The van der Waals surface area contributed by atoms with E-state index >= 15 is 0 Å². The smallest absolute Gasteiger partial charge is 0.325 e. The van der Waals surface area contributed by atoms with Gasteiger partial charge in [-0.1, -0.05) is 6.07 Å². The van der Waals surface area contributed by atoms with Crippen molar-refractivity contribution >= 4 is 5.97 Å². The second-order valence-electron chi connectivity index (χ2n) is 2.75. The van der Waals surface area contributed by atoms with Gasteiger partial charge in [0.05, 0.1) is 7.11 Å². The Morgan fingerprint density at radius 2 is 2.13 bits per heavy atom. The van der Waals surface area contributed by atoms with E-state index in [4.69, 9.17) is 15.6 Å². The number of rotatable bonds is 3. The zero-order valence-electron chi connectivity index (χ0n) is 8.10. The van der Waals surface area contributed by atoms with Gasteiger partial charge in [-0.15, -0.1) is 0 Å². The van der Waals surface area contributed by atoms with Gasteiger partial charge in [0.1, 0.15) is 6.04 Å². The maximum atomic E-state index is 10.6. The van der Waals surface area contributed by atoms with Crippen LogP contribution in [0.4, 0.5) is 0 Å². The molecular formula is C9H13NO5. The van der Waals surface area contributed by atoms with Crippen LogP contribution < -0.4 is 10.5 Å². The van der Waals surface area contributed by atoms with Gasteiger partial charge >= 0.3 is 5.97 Å². The molecule has 84 valence electrons. The molecule has 0 aliphatic rings. The summed E-state index contributed by atoms with van der Waals surface area (Å²) in [7, 11) is 1.38. The van der Waals surface area contributed by atoms with Gasteiger partial charge in [-0.3, -0.25) is 4.79 Å². The molecule has 6 N–H and O–H groups in total. The number of benzene rings is 1. The fraction of sp³-hybridized carbons (Fsp3) is 0.222. The summed E-state index contributed by atoms with van der Waals surface area (Å²) in [5, 5.41) is 17.9. The number of phenolic OH excluding ortho intramolecular Hbond substituents is 1. The fourth-order valence-corrected chi connectivity index (χ4v) is 1.03. The molecule has 0 aromatic heterocycles. The predicted molar refractivity (Wildman–Crippen MR) is 52.8 cm³/mol. The summed E-state index contributed by atoms with van der Waals surface area (Å²) in [4.78, 5) is 10.6. The van der Waals surface area contributed by atoms with Crippen LogP contribution in [0.15, 0.2) is 18.2 Å². The maximum absolute atomic E-state index is 10.6. The number of carboxylic acids is 1. The molecule has 6 nitrogen and oxygen atoms in total. The molecule has 1 aromatic carbocycles. The lowest BCUT2D eigenvalue weighted by Crippen LogP contribution is -2.20. The van der Waals surface area contributed by atoms with Crippen molar-refractivity contribution in [1.82, 2.24) is 0 Å². The molecule has 0 aliphatic carbocycles. The number of carboxylic acid groups (broad SMARTS) is 1. The van der Waals surface area contributed by atoms with E-state index in [1.54, 1.807) is 0 Å². The summed E-state index contributed by atoms with van der Waals surface area (Å²) in [5.74, 6) is -0.967. The lowest BCUT2D eigenvalue weighted by molar-refractivity contribution is -0.138. The summed E-state index contributed by atoms with van der Waals surface area (Å²) in [5.41, 5.74) is 5.76. The molecule has 0 heterocycles. The molecule has 1 atom stereocenters. The number of nitrogens with two attached hydrogens (primary N) is 1. The van der Waals surface area contributed by atoms with Crippen molar-refractivity contribution in [3.05, 3.63) is 23.8 Å². The molecule has 0 aliphatic heterocycles. The second kappa shape index (κ2) is 5.18. The van der Waals surface area contributed by atoms with Crippen molar-refractivity contribution in [2.45, 2.75) is 6.04 Å². The van der Waals surface area contributed by atoms with Gasteiger partial charge in [-0.2, -0.15) is 0 Å². The van der Waals surface area contributed by atoms with E-state index in [2.05, 4.69) is 0 Å². The molecule has 0 bridgehead atoms. The molecule has 1 rings (SSSR count). The quantitative estimate of drug-likeness (QED) is 0.636. The Labute approximate surface area is 86.2 Å². The average molecular weight is 215 g/mol. The van der Waals surface area contributed by atoms with Gasteiger partial charge < -0.3 is 26.2 Å². The third kappa shape index (κ3) is 2.83. The van der Waals surface area contributed by atoms with E-state index in [1.165, 1.54) is 25.3 Å². The van der Waals surface area contributed by atoms with Crippen molar-refractivity contribution in [1.29, 1.82) is 0 Å². The van der Waals surface area contributed by atoms with E-state index in [0.717, 1.165) is 0 Å². The normalized spacial score (nSPS) is 11.3. The van der Waals surface area contributed by atoms with Gasteiger partial charge in [0.15, 0.2) is 11.5 Å². The molecule has 1 unspecified atom stereocenters. The Kier molecular flexibility index (Phi) is 4.56. The molecule has 0 fully saturated rings. The van der Waals surface area contributed by atoms with Crippen LogP contribution in [0.1, 0.15) is 11.6 Å². The van der Waals surface area contributed by atoms with Crippen molar-refractivity contribution < 1.29 is 25.2 Å². The van der Waals surface area contributed by atoms with Gasteiger partial charge in [-0.05, 0) is 17.7 Å². The monoisotopic (exact) mass is 215 g/mol. The highest BCUT2D eigenvalue weighted by Crippen LogP contribution is 2.28. The topological polar surface area (TPSA) is 124 Å². The van der Waals surface area contributed by atoms with Gasteiger partial charge in [0.25, 0.3) is 0 Å². The van der Waals surface area contributed by atoms with Crippen molar-refractivity contribution in [2.75, 3.05) is 7.11 Å². The Morgan fingerprint density at radius 1 is 1.53 bits per heavy atom. The fourth-order valence-electron chi connectivity index (χ4n) is 1.03. The average Bonchev–Trinajstić information content (AvgIpc) is 2.17. The van der Waals surface area contributed by atoms with Crippen LogP contribution in [-0.4, -0.2) is 28.8 Å². The van der Waals surface area contributed by atoms with Crippen LogP contribution in [0.25, 0.3) is 0 Å². The standard InChI is InChI=1S/C9H11NO4.H2O/c1-14-7-4-5(2-3-6(7)11)8(10)9(12)13;/h2-4,8,11H,10H2,1H3,(H,12,13);1H2. The van der Waals surface area contributed by atoms with E-state index < -0.39 is 12.0 Å². The van der Waals surface area contributed by atoms with E-state index in [1.807, 2.05) is 0 Å². The molecule has 0 saturated heterocycles. The number of phenols is 1. The zero-order valence-corrected chi connectivity index (χ0v) is 8.10. The van der Waals surface area contributed by atoms with Crippen LogP contribution in [0.5, 0.6) is 11.5 Å². The van der Waals surface area contributed by atoms with Crippen LogP contribution in [0.3, 0.4) is 0 Å². The van der Waals surface area contributed by atoms with E-state index in [9.17, 15) is 9.90 Å². The number of carbonyl (C=O) groups is 1. The van der Waals surface area contributed by atoms with Crippen molar-refractivity contribution in [3.8, 4) is 11.5 Å². The highest BCUT2D eigenvalue weighted by atomic mass is 16.5. The Hall–Kier alpha value is -1.79. The first-order valence-electron chi connectivity index (χ1n) is 3.91. The molecule has 1 aromatic rings. The molecule has 0 amide bonds. The zero-order chi connectivity index (χ0) is 10.7. The third-order valence-electron chi connectivity index (χ3n) is 1.83. The minimum absolute atomic E-state index is 0. The van der Waals surface area contributed by atoms with Crippen LogP contribution in [-0.2, 0) is 4.79 Å². The molecule has 0 radical (unpaired) electrons. The molecule has 0 spiro atoms. The molecule has 15 heavy (non-hydrogen) atoms. The largest absolute Gasteiger partial charge is 0.504 e. The van der Waals surface area contributed by atoms with E-state index in [0.29, 0.717) is 5.56 Å². The number of methoxy groups -OCH3 is 1. The molecular weight excluding hydrogens is 202 g/mol.